The average Bonchev–Trinajstić information content (AvgIpc) is 3.45. The number of rotatable bonds is 7. The molecule has 0 saturated carbocycles. The molecule has 0 atom stereocenters. The zero-order chi connectivity index (χ0) is 25.2. The Kier molecular flexibility index (Phi) is 6.29. The molecular weight excluding hydrogens is 459 g/mol. The van der Waals surface area contributed by atoms with Gasteiger partial charge in [0.1, 0.15) is 17.2 Å². The minimum atomic E-state index is -0.688. The lowest BCUT2D eigenvalue weighted by Gasteiger charge is -2.21. The van der Waals surface area contributed by atoms with Crippen molar-refractivity contribution in [1.29, 1.82) is 0 Å². The van der Waals surface area contributed by atoms with Crippen LogP contribution in [0.2, 0.25) is 0 Å². The van der Waals surface area contributed by atoms with Crippen molar-refractivity contribution in [2.45, 2.75) is 19.8 Å². The largest absolute Gasteiger partial charge is 0.461 e. The molecule has 7 heteroatoms. The molecule has 182 valence electrons. The molecule has 36 heavy (non-hydrogen) atoms. The van der Waals surface area contributed by atoms with Crippen LogP contribution >= 0.6 is 0 Å². The van der Waals surface area contributed by atoms with Crippen molar-refractivity contribution in [2.75, 3.05) is 13.2 Å². The standard InChI is InChI=1S/C29H25FN2O4/c1-3-35-28(33)26-24(19-12-5-7-14-21(19)31-26)23(17-10-9-11-18(30)16-17)25-20-13-6-8-15-22(20)32-27(25)29(34)36-4-2/h5-16,23,31-32H,3-4H2,1-2H3. The Morgan fingerprint density at radius 2 is 1.25 bits per heavy atom. The van der Waals surface area contributed by atoms with E-state index in [1.165, 1.54) is 12.1 Å². The molecule has 5 rings (SSSR count). The van der Waals surface area contributed by atoms with Crippen molar-refractivity contribution < 1.29 is 23.5 Å². The maximum absolute atomic E-state index is 14.6. The van der Waals surface area contributed by atoms with E-state index in [2.05, 4.69) is 9.97 Å². The molecule has 0 aliphatic carbocycles. The van der Waals surface area contributed by atoms with E-state index in [4.69, 9.17) is 9.47 Å². The number of ether oxygens (including phenoxy) is 2. The van der Waals surface area contributed by atoms with Crippen molar-refractivity contribution in [2.24, 2.45) is 0 Å². The molecular formula is C29H25FN2O4. The molecule has 0 bridgehead atoms. The van der Waals surface area contributed by atoms with Crippen LogP contribution in [0.5, 0.6) is 0 Å². The number of benzene rings is 3. The summed E-state index contributed by atoms with van der Waals surface area (Å²) in [7, 11) is 0. The molecule has 0 radical (unpaired) electrons. The third-order valence-electron chi connectivity index (χ3n) is 6.21. The zero-order valence-corrected chi connectivity index (χ0v) is 19.9. The van der Waals surface area contributed by atoms with Gasteiger partial charge in [-0.05, 0) is 43.7 Å². The second-order valence-corrected chi connectivity index (χ2v) is 8.35. The van der Waals surface area contributed by atoms with Crippen molar-refractivity contribution in [3.63, 3.8) is 0 Å². The van der Waals surface area contributed by atoms with E-state index in [0.29, 0.717) is 16.7 Å². The van der Waals surface area contributed by atoms with Crippen LogP contribution < -0.4 is 0 Å². The highest BCUT2D eigenvalue weighted by atomic mass is 19.1. The Hall–Kier alpha value is -4.39. The first-order valence-corrected chi connectivity index (χ1v) is 11.8. The summed E-state index contributed by atoms with van der Waals surface area (Å²) in [5.74, 6) is -2.16. The molecule has 0 aliphatic rings. The molecule has 0 unspecified atom stereocenters. The third-order valence-corrected chi connectivity index (χ3v) is 6.21. The first-order chi connectivity index (χ1) is 17.5. The molecule has 0 fully saturated rings. The van der Waals surface area contributed by atoms with Gasteiger partial charge < -0.3 is 19.4 Å². The predicted molar refractivity (Wildman–Crippen MR) is 136 cm³/mol. The highest BCUT2D eigenvalue weighted by Gasteiger charge is 2.33. The van der Waals surface area contributed by atoms with E-state index in [-0.39, 0.29) is 24.6 Å². The predicted octanol–water partition coefficient (Wildman–Crippen LogP) is 6.32. The van der Waals surface area contributed by atoms with Gasteiger partial charge in [0.2, 0.25) is 0 Å². The molecule has 6 nitrogen and oxygen atoms in total. The summed E-state index contributed by atoms with van der Waals surface area (Å²) >= 11 is 0. The number of fused-ring (bicyclic) bond motifs is 2. The van der Waals surface area contributed by atoms with Crippen molar-refractivity contribution >= 4 is 33.7 Å². The van der Waals surface area contributed by atoms with Gasteiger partial charge in [-0.2, -0.15) is 0 Å². The van der Waals surface area contributed by atoms with Crippen molar-refractivity contribution in [3.8, 4) is 0 Å². The molecule has 0 amide bonds. The number of esters is 2. The lowest BCUT2D eigenvalue weighted by atomic mass is 9.81. The number of aromatic amines is 2. The van der Waals surface area contributed by atoms with Crippen LogP contribution in [0.15, 0.2) is 72.8 Å². The van der Waals surface area contributed by atoms with Crippen LogP contribution in [-0.2, 0) is 9.47 Å². The number of hydrogen-bond donors (Lipinski definition) is 2. The summed E-state index contributed by atoms with van der Waals surface area (Å²) in [6.45, 7) is 3.87. The minimum Gasteiger partial charge on any atom is -0.461 e. The fourth-order valence-electron chi connectivity index (χ4n) is 4.82. The molecule has 5 aromatic rings. The van der Waals surface area contributed by atoms with Crippen LogP contribution in [0.1, 0.15) is 57.4 Å². The molecule has 0 aliphatic heterocycles. The SMILES string of the molecule is CCOC(=O)c1[nH]c2ccccc2c1C(c1cccc(F)c1)c1c(C(=O)OCC)[nH]c2ccccc12. The number of halogens is 1. The number of carbonyl (C=O) groups is 2. The van der Waals surface area contributed by atoms with Gasteiger partial charge in [-0.1, -0.05) is 48.5 Å². The maximum Gasteiger partial charge on any atom is 0.355 e. The van der Waals surface area contributed by atoms with E-state index in [1.807, 2.05) is 48.5 Å². The first-order valence-electron chi connectivity index (χ1n) is 11.8. The van der Waals surface area contributed by atoms with E-state index in [1.54, 1.807) is 26.0 Å². The molecule has 3 aromatic carbocycles. The fraction of sp³-hybridized carbons (Fsp3) is 0.172. The van der Waals surface area contributed by atoms with Crippen molar-refractivity contribution in [1.82, 2.24) is 9.97 Å². The lowest BCUT2D eigenvalue weighted by Crippen LogP contribution is -2.15. The van der Waals surface area contributed by atoms with Gasteiger partial charge in [-0.3, -0.25) is 0 Å². The van der Waals surface area contributed by atoms with Gasteiger partial charge in [-0.15, -0.1) is 0 Å². The summed E-state index contributed by atoms with van der Waals surface area (Å²) < 4.78 is 25.4. The Morgan fingerprint density at radius 3 is 1.72 bits per heavy atom. The number of para-hydroxylation sites is 2. The molecule has 0 spiro atoms. The first kappa shape index (κ1) is 23.4. The Bertz CT molecular complexity index is 1490. The smallest absolute Gasteiger partial charge is 0.355 e. The number of nitrogens with one attached hydrogen (secondary N) is 2. The fourth-order valence-corrected chi connectivity index (χ4v) is 4.82. The van der Waals surface area contributed by atoms with E-state index < -0.39 is 23.7 Å². The van der Waals surface area contributed by atoms with Crippen LogP contribution in [0.4, 0.5) is 4.39 Å². The summed E-state index contributed by atoms with van der Waals surface area (Å²) in [5, 5.41) is 1.55. The Labute approximate surface area is 207 Å². The summed E-state index contributed by atoms with van der Waals surface area (Å²) in [6, 6.07) is 21.2. The molecule has 0 saturated heterocycles. The number of hydrogen-bond acceptors (Lipinski definition) is 4. The monoisotopic (exact) mass is 484 g/mol. The Balaban J connectivity index is 1.91. The van der Waals surface area contributed by atoms with Gasteiger partial charge in [0.25, 0.3) is 0 Å². The molecule has 2 N–H and O–H groups in total. The lowest BCUT2D eigenvalue weighted by molar-refractivity contribution is 0.0511. The summed E-state index contributed by atoms with van der Waals surface area (Å²) in [5.41, 5.74) is 3.76. The molecule has 2 heterocycles. The van der Waals surface area contributed by atoms with Gasteiger partial charge in [0.15, 0.2) is 0 Å². The van der Waals surface area contributed by atoms with Gasteiger partial charge >= 0.3 is 11.9 Å². The second kappa shape index (κ2) is 9.70. The summed E-state index contributed by atoms with van der Waals surface area (Å²) in [6.07, 6.45) is 0. The van der Waals surface area contributed by atoms with Crippen molar-refractivity contribution in [3.05, 3.63) is 107 Å². The van der Waals surface area contributed by atoms with Gasteiger partial charge in [-0.25, -0.2) is 14.0 Å². The maximum atomic E-state index is 14.6. The average molecular weight is 485 g/mol. The second-order valence-electron chi connectivity index (χ2n) is 8.35. The Morgan fingerprint density at radius 1 is 0.750 bits per heavy atom. The van der Waals surface area contributed by atoms with Crippen LogP contribution in [0, 0.1) is 5.82 Å². The minimum absolute atomic E-state index is 0.194. The van der Waals surface area contributed by atoms with Crippen LogP contribution in [0.3, 0.4) is 0 Å². The highest BCUT2D eigenvalue weighted by molar-refractivity contribution is 6.03. The van der Waals surface area contributed by atoms with Crippen LogP contribution in [-0.4, -0.2) is 35.1 Å². The summed E-state index contributed by atoms with van der Waals surface area (Å²) in [4.78, 5) is 32.7. The van der Waals surface area contributed by atoms with E-state index in [0.717, 1.165) is 21.8 Å². The number of carbonyl (C=O) groups excluding carboxylic acids is 2. The van der Waals surface area contributed by atoms with E-state index >= 15 is 0 Å². The highest BCUT2D eigenvalue weighted by Crippen LogP contribution is 2.43. The zero-order valence-electron chi connectivity index (χ0n) is 19.9. The third kappa shape index (κ3) is 4.02. The van der Waals surface area contributed by atoms with E-state index in [9.17, 15) is 14.0 Å². The van der Waals surface area contributed by atoms with Gasteiger partial charge in [0.05, 0.1) is 13.2 Å². The normalized spacial score (nSPS) is 11.3. The molecule has 2 aromatic heterocycles. The number of aromatic nitrogens is 2. The van der Waals surface area contributed by atoms with Gasteiger partial charge in [0, 0.05) is 38.9 Å². The topological polar surface area (TPSA) is 84.2 Å². The van der Waals surface area contributed by atoms with Crippen LogP contribution in [0.25, 0.3) is 21.8 Å². The number of H-pyrrole nitrogens is 2. The quantitative estimate of drug-likeness (QED) is 0.265.